The number of carbonyl (C=O) groups is 2. The van der Waals surface area contributed by atoms with E-state index in [-0.39, 0.29) is 47.2 Å². The van der Waals surface area contributed by atoms with Crippen LogP contribution in [0.3, 0.4) is 0 Å². The number of aliphatic hydroxyl groups is 4. The highest BCUT2D eigenvalue weighted by atomic mass is 31.2. The van der Waals surface area contributed by atoms with Crippen LogP contribution in [-0.4, -0.2) is 166 Å². The van der Waals surface area contributed by atoms with Crippen LogP contribution in [0.2, 0.25) is 0 Å². The number of nitrogens with two attached hydrogens (primary N) is 2. The normalized spacial score (nSPS) is 25.5. The summed E-state index contributed by atoms with van der Waals surface area (Å²) in [5, 5.41) is 41.5. The van der Waals surface area contributed by atoms with E-state index in [0.29, 0.717) is 11.6 Å². The first-order valence-electron chi connectivity index (χ1n) is 17.7. The van der Waals surface area contributed by atoms with Crippen molar-refractivity contribution >= 4 is 61.1 Å². The molecule has 0 spiro atoms. The van der Waals surface area contributed by atoms with Gasteiger partial charge in [-0.2, -0.15) is 0 Å². The predicted molar refractivity (Wildman–Crippen MR) is 198 cm³/mol. The molecule has 0 unspecified atom stereocenters. The molecule has 28 nitrogen and oxygen atoms in total. The van der Waals surface area contributed by atoms with Crippen LogP contribution >= 0.6 is 15.2 Å². The molecule has 6 rings (SSSR count). The van der Waals surface area contributed by atoms with Gasteiger partial charge in [0.15, 0.2) is 35.4 Å². The first-order valence-corrected chi connectivity index (χ1v) is 21.1. The zero-order valence-electron chi connectivity index (χ0n) is 32.0. The molecule has 30 heteroatoms. The van der Waals surface area contributed by atoms with E-state index in [1.54, 1.807) is 13.8 Å². The molecular weight excluding hydrogens is 850 g/mol. The topological polar surface area (TPSA) is 425 Å². The Morgan fingerprint density at radius 1 is 0.683 bits per heavy atom. The summed E-state index contributed by atoms with van der Waals surface area (Å²) in [6.45, 7) is 4.72. The molecule has 0 radical (unpaired) electrons. The summed E-state index contributed by atoms with van der Waals surface area (Å²) >= 11 is 0. The Labute approximate surface area is 337 Å². The number of esters is 2. The van der Waals surface area contributed by atoms with Gasteiger partial charge < -0.3 is 79.9 Å². The standard InChI is InChI=1S/2C15H22N5O9P/c2*1-3-27-14(23)15(30(24,25)26)28-4-7-9(21)10(22)13(29-7)20-5-17-8-11(16)18-6(2)19-12(8)20/h2*5,7,9-10,13,15,21-22H,3-4H2,1-2H3,(H2,16,18,19)(H2,24,25,26)/t7-,9-,10-,13-,15+;7-,9-,10-,13-,15-/m11/s1. The SMILES string of the molecule is CCOC(=O)[C@@H](OC[C@H]1O[C@@H](n2cnc3c(N)nc(C)nc32)[C@H](O)[C@@H]1O)P(=O)(O)O.CCOC(=O)[C@H](OC[C@H]1O[C@@H](n2cnc3c(N)nc(C)nc32)[C@H](O)[C@@H]1O)P(=O)(O)O. The number of carbonyl (C=O) groups excluding carboxylic acids is 2. The fraction of sp³-hybridized carbons (Fsp3) is 0.600. The monoisotopic (exact) mass is 894 g/mol. The molecule has 4 aromatic heterocycles. The summed E-state index contributed by atoms with van der Waals surface area (Å²) < 4.78 is 56.2. The summed E-state index contributed by atoms with van der Waals surface area (Å²) in [7, 11) is -10.0. The molecule has 6 heterocycles. The zero-order chi connectivity index (χ0) is 44.4. The van der Waals surface area contributed by atoms with Gasteiger partial charge in [0.05, 0.1) is 39.1 Å². The average Bonchev–Trinajstić information content (AvgIpc) is 3.90. The fourth-order valence-electron chi connectivity index (χ4n) is 6.07. The van der Waals surface area contributed by atoms with E-state index in [1.165, 1.54) is 35.6 Å². The van der Waals surface area contributed by atoms with Crippen LogP contribution in [0.4, 0.5) is 11.6 Å². The third-order valence-corrected chi connectivity index (χ3v) is 10.7. The van der Waals surface area contributed by atoms with Crippen molar-refractivity contribution in [1.29, 1.82) is 0 Å². The van der Waals surface area contributed by atoms with Gasteiger partial charge >= 0.3 is 27.1 Å². The highest BCUT2D eigenvalue weighted by Crippen LogP contribution is 2.44. The molecule has 60 heavy (non-hydrogen) atoms. The quantitative estimate of drug-likeness (QED) is 0.0441. The molecule has 0 aromatic carbocycles. The van der Waals surface area contributed by atoms with Gasteiger partial charge in [0.1, 0.15) is 59.3 Å². The highest BCUT2D eigenvalue weighted by molar-refractivity contribution is 7.53. The Morgan fingerprint density at radius 2 is 1.03 bits per heavy atom. The lowest BCUT2D eigenvalue weighted by atomic mass is 10.1. The number of nitrogen functional groups attached to an aromatic ring is 2. The van der Waals surface area contributed by atoms with Crippen LogP contribution in [-0.2, 0) is 47.1 Å². The average molecular weight is 895 g/mol. The third-order valence-electron chi connectivity index (χ3n) is 8.77. The molecule has 12 N–H and O–H groups in total. The maximum atomic E-state index is 11.8. The molecule has 0 amide bonds. The Bertz CT molecular complexity index is 2110. The molecule has 2 aliphatic heterocycles. The van der Waals surface area contributed by atoms with Crippen molar-refractivity contribution in [3.8, 4) is 0 Å². The fourth-order valence-corrected chi connectivity index (χ4v) is 7.33. The summed E-state index contributed by atoms with van der Waals surface area (Å²) in [5.74, 6) is -5.91. The van der Waals surface area contributed by atoms with Crippen LogP contribution in [0.1, 0.15) is 38.0 Å². The zero-order valence-corrected chi connectivity index (χ0v) is 33.8. The van der Waals surface area contributed by atoms with Crippen LogP contribution < -0.4 is 11.5 Å². The van der Waals surface area contributed by atoms with Crippen molar-refractivity contribution in [2.75, 3.05) is 37.9 Å². The van der Waals surface area contributed by atoms with E-state index in [4.69, 9.17) is 30.4 Å². The molecule has 2 aliphatic rings. The minimum atomic E-state index is -5.00. The van der Waals surface area contributed by atoms with E-state index in [9.17, 15) is 58.7 Å². The largest absolute Gasteiger partial charge is 0.464 e. The van der Waals surface area contributed by atoms with Gasteiger partial charge in [-0.1, -0.05) is 0 Å². The van der Waals surface area contributed by atoms with E-state index in [2.05, 4.69) is 39.4 Å². The maximum absolute atomic E-state index is 11.8. The lowest BCUT2D eigenvalue weighted by molar-refractivity contribution is -0.156. The number of imidazole rings is 2. The van der Waals surface area contributed by atoms with E-state index >= 15 is 0 Å². The number of aromatic nitrogens is 8. The molecule has 332 valence electrons. The molecule has 0 saturated carbocycles. The lowest BCUT2D eigenvalue weighted by Gasteiger charge is -2.20. The van der Waals surface area contributed by atoms with E-state index in [1.807, 2.05) is 0 Å². The van der Waals surface area contributed by atoms with Gasteiger partial charge in [0, 0.05) is 0 Å². The van der Waals surface area contributed by atoms with Crippen LogP contribution in [0.5, 0.6) is 0 Å². The predicted octanol–water partition coefficient (Wildman–Crippen LogP) is -3.16. The number of rotatable bonds is 14. The van der Waals surface area contributed by atoms with Crippen molar-refractivity contribution in [3.05, 3.63) is 24.3 Å². The molecule has 4 aromatic rings. The minimum absolute atomic E-state index is 0.111. The summed E-state index contributed by atoms with van der Waals surface area (Å²) in [4.78, 5) is 85.5. The lowest BCUT2D eigenvalue weighted by Crippen LogP contribution is -2.36. The highest BCUT2D eigenvalue weighted by Gasteiger charge is 2.48. The van der Waals surface area contributed by atoms with Crippen molar-refractivity contribution in [1.82, 2.24) is 39.0 Å². The van der Waals surface area contributed by atoms with Gasteiger partial charge in [-0.25, -0.2) is 39.5 Å². The molecule has 2 fully saturated rings. The van der Waals surface area contributed by atoms with Gasteiger partial charge in [-0.3, -0.25) is 18.3 Å². The number of nitrogens with zero attached hydrogens (tertiary/aromatic N) is 8. The number of anilines is 2. The smallest absolute Gasteiger partial charge is 0.365 e. The number of aryl methyl sites for hydroxylation is 2. The molecule has 0 bridgehead atoms. The van der Waals surface area contributed by atoms with Crippen LogP contribution in [0, 0.1) is 13.8 Å². The van der Waals surface area contributed by atoms with Gasteiger partial charge in [-0.05, 0) is 27.7 Å². The third kappa shape index (κ3) is 10.0. The number of fused-ring (bicyclic) bond motifs is 2. The van der Waals surface area contributed by atoms with E-state index in [0.717, 1.165) is 0 Å². The number of ether oxygens (including phenoxy) is 6. The maximum Gasteiger partial charge on any atom is 0.365 e. The number of hydrogen-bond acceptors (Lipinski definition) is 22. The Hall–Kier alpha value is -4.38. The molecular formula is C30H44N10O18P2. The second-order valence-electron chi connectivity index (χ2n) is 13.1. The van der Waals surface area contributed by atoms with Crippen molar-refractivity contribution in [2.24, 2.45) is 0 Å². The minimum Gasteiger partial charge on any atom is -0.464 e. The molecule has 0 aliphatic carbocycles. The van der Waals surface area contributed by atoms with Crippen LogP contribution in [0.15, 0.2) is 12.7 Å². The molecule has 2 saturated heterocycles. The molecule has 10 atom stereocenters. The Balaban J connectivity index is 0.000000228. The number of aliphatic hydroxyl groups excluding tert-OH is 4. The van der Waals surface area contributed by atoms with Gasteiger partial charge in [0.2, 0.25) is 0 Å². The van der Waals surface area contributed by atoms with E-state index < -0.39 is 101 Å². The first kappa shape index (κ1) is 46.7. The first-order chi connectivity index (χ1) is 28.1. The van der Waals surface area contributed by atoms with Gasteiger partial charge in [0.25, 0.3) is 11.7 Å². The van der Waals surface area contributed by atoms with Gasteiger partial charge in [-0.15, -0.1) is 0 Å². The second kappa shape index (κ2) is 18.7. The summed E-state index contributed by atoms with van der Waals surface area (Å²) in [6.07, 6.45) is -8.03. The van der Waals surface area contributed by atoms with Crippen molar-refractivity contribution < 1.29 is 87.1 Å². The second-order valence-corrected chi connectivity index (χ2v) is 16.4. The Morgan fingerprint density at radius 3 is 1.35 bits per heavy atom. The number of hydrogen-bond donors (Lipinski definition) is 10. The summed E-state index contributed by atoms with van der Waals surface area (Å²) in [6, 6.07) is 0. The van der Waals surface area contributed by atoms with Crippen LogP contribution in [0.25, 0.3) is 22.3 Å². The summed E-state index contributed by atoms with van der Waals surface area (Å²) in [5.41, 5.74) is 12.7. The van der Waals surface area contributed by atoms with Crippen molar-refractivity contribution in [3.63, 3.8) is 0 Å². The van der Waals surface area contributed by atoms with Crippen molar-refractivity contribution in [2.45, 2.75) is 88.5 Å². The Kier molecular flexibility index (Phi) is 14.6.